The van der Waals surface area contributed by atoms with Gasteiger partial charge in [0.05, 0.1) is 6.42 Å². The van der Waals surface area contributed by atoms with Gasteiger partial charge in [-0.3, -0.25) is 4.79 Å². The van der Waals surface area contributed by atoms with Crippen LogP contribution in [0.5, 0.6) is 0 Å². The van der Waals surface area contributed by atoms with Crippen LogP contribution in [-0.2, 0) is 17.8 Å². The lowest BCUT2D eigenvalue weighted by atomic mass is 10.1. The Morgan fingerprint density at radius 2 is 2.00 bits per heavy atom. The first kappa shape index (κ1) is 15.6. The van der Waals surface area contributed by atoms with Crippen LogP contribution in [0.1, 0.15) is 28.3 Å². The van der Waals surface area contributed by atoms with Crippen LogP contribution in [0.3, 0.4) is 0 Å². The number of benzene rings is 1. The largest absolute Gasteiger partial charge is 0.481 e. The Bertz CT molecular complexity index is 642. The van der Waals surface area contributed by atoms with Gasteiger partial charge in [0.2, 0.25) is 0 Å². The van der Waals surface area contributed by atoms with Crippen molar-refractivity contribution in [2.24, 2.45) is 0 Å². The van der Waals surface area contributed by atoms with Crippen LogP contribution in [0.2, 0.25) is 0 Å². The second-order valence-electron chi connectivity index (χ2n) is 4.71. The van der Waals surface area contributed by atoms with Crippen molar-refractivity contribution in [3.63, 3.8) is 0 Å². The van der Waals surface area contributed by atoms with Gasteiger partial charge < -0.3 is 10.4 Å². The molecule has 0 fully saturated rings. The van der Waals surface area contributed by atoms with Gasteiger partial charge in [-0.2, -0.15) is 0 Å². The number of rotatable bonds is 6. The quantitative estimate of drug-likeness (QED) is 0.858. The Kier molecular flexibility index (Phi) is 5.03. The number of halogens is 2. The maximum Gasteiger partial charge on any atom is 0.308 e. The minimum Gasteiger partial charge on any atom is -0.481 e. The zero-order chi connectivity index (χ0) is 15.4. The van der Waals surface area contributed by atoms with E-state index in [1.807, 2.05) is 6.07 Å². The molecule has 0 aliphatic rings. The molecule has 1 atom stereocenters. The van der Waals surface area contributed by atoms with Crippen LogP contribution in [0.15, 0.2) is 30.3 Å². The van der Waals surface area contributed by atoms with Crippen molar-refractivity contribution < 1.29 is 18.7 Å². The first-order valence-corrected chi connectivity index (χ1v) is 7.25. The van der Waals surface area contributed by atoms with Gasteiger partial charge in [-0.25, -0.2) is 8.78 Å². The fraction of sp³-hybridized carbons (Fsp3) is 0.267. The molecular formula is C15H15F2NO2S. The first-order valence-electron chi connectivity index (χ1n) is 6.43. The van der Waals surface area contributed by atoms with E-state index in [0.29, 0.717) is 12.1 Å². The van der Waals surface area contributed by atoms with E-state index < -0.39 is 17.6 Å². The number of carboxylic acids is 1. The molecule has 2 rings (SSSR count). The van der Waals surface area contributed by atoms with Crippen LogP contribution in [0.25, 0.3) is 0 Å². The third-order valence-corrected chi connectivity index (χ3v) is 4.14. The number of thiophene rings is 1. The highest BCUT2D eigenvalue weighted by Crippen LogP contribution is 2.21. The molecule has 6 heteroatoms. The average Bonchev–Trinajstić information content (AvgIpc) is 2.82. The molecule has 1 aromatic carbocycles. The van der Waals surface area contributed by atoms with Crippen molar-refractivity contribution in [1.29, 1.82) is 0 Å². The summed E-state index contributed by atoms with van der Waals surface area (Å²) in [7, 11) is 0. The molecule has 0 radical (unpaired) electrons. The molecule has 2 aromatic rings. The number of carbonyl (C=O) groups is 1. The highest BCUT2D eigenvalue weighted by Gasteiger charge is 2.12. The molecule has 1 unspecified atom stereocenters. The summed E-state index contributed by atoms with van der Waals surface area (Å²) in [5.74, 6) is -2.04. The molecular weight excluding hydrogens is 296 g/mol. The number of hydrogen-bond donors (Lipinski definition) is 2. The zero-order valence-electron chi connectivity index (χ0n) is 11.4. The average molecular weight is 311 g/mol. The fourth-order valence-electron chi connectivity index (χ4n) is 1.98. The molecule has 0 amide bonds. The molecule has 0 saturated heterocycles. The van der Waals surface area contributed by atoms with E-state index >= 15 is 0 Å². The van der Waals surface area contributed by atoms with Crippen molar-refractivity contribution in [3.05, 3.63) is 57.3 Å². The third kappa shape index (κ3) is 4.34. The van der Waals surface area contributed by atoms with Crippen LogP contribution in [0.4, 0.5) is 8.78 Å². The summed E-state index contributed by atoms with van der Waals surface area (Å²) in [5.41, 5.74) is 0.402. The Morgan fingerprint density at radius 3 is 2.67 bits per heavy atom. The Balaban J connectivity index is 1.95. The number of nitrogens with one attached hydrogen (secondary N) is 1. The van der Waals surface area contributed by atoms with Gasteiger partial charge in [0, 0.05) is 34.0 Å². The summed E-state index contributed by atoms with van der Waals surface area (Å²) in [6.07, 6.45) is 0.00676. The molecule has 0 aliphatic carbocycles. The maximum absolute atomic E-state index is 13.6. The molecule has 0 aliphatic heterocycles. The summed E-state index contributed by atoms with van der Waals surface area (Å²) in [4.78, 5) is 12.4. The number of aliphatic carboxylic acids is 1. The van der Waals surface area contributed by atoms with Gasteiger partial charge in [0.15, 0.2) is 0 Å². The highest BCUT2D eigenvalue weighted by atomic mass is 32.1. The highest BCUT2D eigenvalue weighted by molar-refractivity contribution is 7.12. The summed E-state index contributed by atoms with van der Waals surface area (Å²) in [6.45, 7) is 2.30. The minimum absolute atomic E-state index is 0.00676. The first-order chi connectivity index (χ1) is 9.95. The summed E-state index contributed by atoms with van der Waals surface area (Å²) >= 11 is 1.41. The second kappa shape index (κ2) is 6.78. The smallest absolute Gasteiger partial charge is 0.308 e. The van der Waals surface area contributed by atoms with Crippen molar-refractivity contribution in [2.45, 2.75) is 25.9 Å². The zero-order valence-corrected chi connectivity index (χ0v) is 12.2. The lowest BCUT2D eigenvalue weighted by Gasteiger charge is -2.14. The van der Waals surface area contributed by atoms with E-state index in [1.54, 1.807) is 13.0 Å². The standard InChI is InChI=1S/C15H15F2NO2S/c1-9(13-5-2-10(16)6-14(13)17)18-8-12-4-3-11(21-12)7-15(19)20/h2-6,9,18H,7-8H2,1H3,(H,19,20). The van der Waals surface area contributed by atoms with E-state index in [1.165, 1.54) is 23.5 Å². The number of carboxylic acid groups (broad SMARTS) is 1. The van der Waals surface area contributed by atoms with E-state index in [9.17, 15) is 13.6 Å². The lowest BCUT2D eigenvalue weighted by Crippen LogP contribution is -2.18. The molecule has 3 nitrogen and oxygen atoms in total. The van der Waals surface area contributed by atoms with Crippen LogP contribution in [-0.4, -0.2) is 11.1 Å². The van der Waals surface area contributed by atoms with Crippen molar-refractivity contribution in [1.82, 2.24) is 5.32 Å². The Morgan fingerprint density at radius 1 is 1.29 bits per heavy atom. The molecule has 0 bridgehead atoms. The summed E-state index contributed by atoms with van der Waals surface area (Å²) < 4.78 is 26.5. The molecule has 1 aromatic heterocycles. The van der Waals surface area contributed by atoms with E-state index in [2.05, 4.69) is 5.32 Å². The normalized spacial score (nSPS) is 12.3. The third-order valence-electron chi connectivity index (χ3n) is 3.05. The molecule has 0 saturated carbocycles. The van der Waals surface area contributed by atoms with Gasteiger partial charge in [0.25, 0.3) is 0 Å². The maximum atomic E-state index is 13.6. The van der Waals surface area contributed by atoms with Gasteiger partial charge in [0.1, 0.15) is 11.6 Å². The SMILES string of the molecule is CC(NCc1ccc(CC(=O)O)s1)c1ccc(F)cc1F. The number of hydrogen-bond acceptors (Lipinski definition) is 3. The Labute approximate surface area is 125 Å². The molecule has 21 heavy (non-hydrogen) atoms. The summed E-state index contributed by atoms with van der Waals surface area (Å²) in [5, 5.41) is 11.9. The predicted octanol–water partition coefficient (Wildman–Crippen LogP) is 3.50. The van der Waals surface area contributed by atoms with Gasteiger partial charge >= 0.3 is 5.97 Å². The predicted molar refractivity (Wildman–Crippen MR) is 77.3 cm³/mol. The van der Waals surface area contributed by atoms with Gasteiger partial charge in [-0.15, -0.1) is 11.3 Å². The molecule has 2 N–H and O–H groups in total. The van der Waals surface area contributed by atoms with Crippen LogP contribution in [0, 0.1) is 11.6 Å². The molecule has 0 spiro atoms. The van der Waals surface area contributed by atoms with Crippen molar-refractivity contribution in [2.75, 3.05) is 0 Å². The van der Waals surface area contributed by atoms with Crippen LogP contribution >= 0.6 is 11.3 Å². The Hall–Kier alpha value is -1.79. The fourth-order valence-corrected chi connectivity index (χ4v) is 2.94. The molecule has 112 valence electrons. The van der Waals surface area contributed by atoms with Crippen molar-refractivity contribution >= 4 is 17.3 Å². The van der Waals surface area contributed by atoms with E-state index in [0.717, 1.165) is 15.8 Å². The van der Waals surface area contributed by atoms with E-state index in [4.69, 9.17) is 5.11 Å². The lowest BCUT2D eigenvalue weighted by molar-refractivity contribution is -0.136. The van der Waals surface area contributed by atoms with Gasteiger partial charge in [-0.05, 0) is 25.1 Å². The second-order valence-corrected chi connectivity index (χ2v) is 5.96. The monoisotopic (exact) mass is 311 g/mol. The molecule has 1 heterocycles. The topological polar surface area (TPSA) is 49.3 Å². The van der Waals surface area contributed by atoms with E-state index in [-0.39, 0.29) is 12.5 Å². The summed E-state index contributed by atoms with van der Waals surface area (Å²) in [6, 6.07) is 6.88. The minimum atomic E-state index is -0.863. The van der Waals surface area contributed by atoms with Crippen LogP contribution < -0.4 is 5.32 Å². The van der Waals surface area contributed by atoms with Gasteiger partial charge in [-0.1, -0.05) is 6.07 Å². The van der Waals surface area contributed by atoms with Crippen molar-refractivity contribution in [3.8, 4) is 0 Å².